The molecule has 1 aromatic carbocycles. The quantitative estimate of drug-likeness (QED) is 0.456. The van der Waals surface area contributed by atoms with E-state index in [4.69, 9.17) is 0 Å². The van der Waals surface area contributed by atoms with Crippen molar-refractivity contribution < 1.29 is 16.8 Å². The Morgan fingerprint density at radius 1 is 0.871 bits per heavy atom. The summed E-state index contributed by atoms with van der Waals surface area (Å²) < 4.78 is 50.2. The van der Waals surface area contributed by atoms with Crippen molar-refractivity contribution in [3.63, 3.8) is 0 Å². The van der Waals surface area contributed by atoms with E-state index in [-0.39, 0.29) is 10.1 Å². The fourth-order valence-corrected chi connectivity index (χ4v) is 5.62. The van der Waals surface area contributed by atoms with Gasteiger partial charge in [-0.2, -0.15) is 5.10 Å². The van der Waals surface area contributed by atoms with Crippen molar-refractivity contribution in [1.29, 1.82) is 0 Å². The maximum Gasteiger partial charge on any atom is 0.181 e. The maximum atomic E-state index is 12.4. The Hall–Kier alpha value is -3.11. The molecule has 0 N–H and O–H groups in total. The first-order valence-corrected chi connectivity index (χ1v) is 13.0. The number of benzene rings is 1. The topological polar surface area (TPSA) is 111 Å². The van der Waals surface area contributed by atoms with Crippen molar-refractivity contribution in [1.82, 2.24) is 19.6 Å². The first-order chi connectivity index (χ1) is 14.7. The lowest BCUT2D eigenvalue weighted by molar-refractivity contribution is 0.594. The zero-order valence-corrected chi connectivity index (χ0v) is 18.1. The minimum Gasteiger partial charge on any atom is -0.263 e. The normalized spacial score (nSPS) is 14.7. The van der Waals surface area contributed by atoms with Crippen molar-refractivity contribution in [2.45, 2.75) is 27.9 Å². The van der Waals surface area contributed by atoms with Crippen molar-refractivity contribution in [2.24, 2.45) is 0 Å². The van der Waals surface area contributed by atoms with Crippen molar-refractivity contribution in [2.75, 3.05) is 6.26 Å². The van der Waals surface area contributed by atoms with E-state index in [2.05, 4.69) is 15.1 Å². The predicted molar refractivity (Wildman–Crippen MR) is 115 cm³/mol. The highest BCUT2D eigenvalue weighted by Gasteiger charge is 2.36. The second-order valence-corrected chi connectivity index (χ2v) is 11.8. The summed E-state index contributed by atoms with van der Waals surface area (Å²) in [6.45, 7) is 0. The fourth-order valence-electron chi connectivity index (χ4n) is 3.37. The molecule has 0 aliphatic heterocycles. The molecule has 1 aliphatic carbocycles. The lowest BCUT2D eigenvalue weighted by atomic mass is 10.2. The molecule has 0 saturated heterocycles. The Morgan fingerprint density at radius 3 is 2.29 bits per heavy atom. The highest BCUT2D eigenvalue weighted by Crippen LogP contribution is 2.34. The van der Waals surface area contributed by atoms with Crippen molar-refractivity contribution >= 4 is 25.3 Å². The smallest absolute Gasteiger partial charge is 0.181 e. The molecule has 158 valence electrons. The van der Waals surface area contributed by atoms with E-state index in [0.29, 0.717) is 27.5 Å². The van der Waals surface area contributed by atoms with Crippen LogP contribution >= 0.6 is 0 Å². The van der Waals surface area contributed by atoms with Crippen LogP contribution in [0.4, 0.5) is 0 Å². The van der Waals surface area contributed by atoms with Crippen LogP contribution in [0.15, 0.2) is 70.8 Å². The largest absolute Gasteiger partial charge is 0.263 e. The van der Waals surface area contributed by atoms with Gasteiger partial charge in [-0.1, -0.05) is 12.1 Å². The van der Waals surface area contributed by atoms with Gasteiger partial charge < -0.3 is 0 Å². The fraction of sp³-hybridized carbons (Fsp3) is 0.190. The number of nitrogens with zero attached hydrogens (tertiary/aromatic N) is 4. The van der Waals surface area contributed by atoms with Gasteiger partial charge in [0.15, 0.2) is 25.3 Å². The molecule has 1 aliphatic rings. The highest BCUT2D eigenvalue weighted by molar-refractivity contribution is 7.92. The van der Waals surface area contributed by atoms with Gasteiger partial charge in [0.25, 0.3) is 0 Å². The van der Waals surface area contributed by atoms with Gasteiger partial charge in [0.05, 0.1) is 32.6 Å². The summed E-state index contributed by atoms with van der Waals surface area (Å²) in [6, 6.07) is 11.8. The number of sulfone groups is 2. The molecule has 5 rings (SSSR count). The number of pyridine rings is 1. The maximum absolute atomic E-state index is 12.4. The molecule has 0 spiro atoms. The first-order valence-electron chi connectivity index (χ1n) is 9.58. The molecule has 10 heteroatoms. The van der Waals surface area contributed by atoms with E-state index in [1.807, 2.05) is 0 Å². The summed E-state index contributed by atoms with van der Waals surface area (Å²) in [5.74, 6) is 0. The molecular formula is C21H18N4O4S2. The third kappa shape index (κ3) is 3.61. The van der Waals surface area contributed by atoms with E-state index in [1.165, 1.54) is 12.3 Å². The average Bonchev–Trinajstić information content (AvgIpc) is 3.54. The highest BCUT2D eigenvalue weighted by atomic mass is 32.2. The Balaban J connectivity index is 1.56. The molecule has 8 nitrogen and oxygen atoms in total. The SMILES string of the molecule is CS(=O)(=O)c1cncc(-c2ccc3ncc(-c4ccc(S(=O)(=O)C5CC5)cc4)n3n2)c1. The van der Waals surface area contributed by atoms with E-state index in [1.54, 1.807) is 53.3 Å². The van der Waals surface area contributed by atoms with Crippen LogP contribution in [0.1, 0.15) is 12.8 Å². The summed E-state index contributed by atoms with van der Waals surface area (Å²) in [7, 11) is -6.64. The van der Waals surface area contributed by atoms with E-state index in [9.17, 15) is 16.8 Å². The van der Waals surface area contributed by atoms with Crippen LogP contribution in [-0.2, 0) is 19.7 Å². The molecule has 0 atom stereocenters. The minimum atomic E-state index is -3.39. The second-order valence-electron chi connectivity index (χ2n) is 7.58. The van der Waals surface area contributed by atoms with Gasteiger partial charge in [0.2, 0.25) is 0 Å². The standard InChI is InChI=1S/C21H18N4O4S2/c1-30(26,27)18-10-15(11-22-12-18)19-8-9-21-23-13-20(25(21)24-19)14-2-4-16(5-3-14)31(28,29)17-6-7-17/h2-5,8-13,17H,6-7H2,1H3. The molecule has 1 fully saturated rings. The number of rotatable bonds is 5. The van der Waals surface area contributed by atoms with Gasteiger partial charge in [0.1, 0.15) is 0 Å². The van der Waals surface area contributed by atoms with Gasteiger partial charge in [-0.3, -0.25) is 4.98 Å². The van der Waals surface area contributed by atoms with Crippen molar-refractivity contribution in [3.8, 4) is 22.5 Å². The zero-order chi connectivity index (χ0) is 21.8. The monoisotopic (exact) mass is 454 g/mol. The number of fused-ring (bicyclic) bond motifs is 1. The van der Waals surface area contributed by atoms with Crippen LogP contribution in [0.25, 0.3) is 28.2 Å². The van der Waals surface area contributed by atoms with Gasteiger partial charge in [-0.15, -0.1) is 0 Å². The third-order valence-corrected chi connectivity index (χ3v) is 8.60. The second kappa shape index (κ2) is 6.96. The summed E-state index contributed by atoms with van der Waals surface area (Å²) in [6.07, 6.45) is 7.10. The Kier molecular flexibility index (Phi) is 4.45. The Labute approximate surface area is 179 Å². The molecule has 0 radical (unpaired) electrons. The number of imidazole rings is 1. The predicted octanol–water partition coefficient (Wildman–Crippen LogP) is 2.80. The summed E-state index contributed by atoms with van der Waals surface area (Å²) >= 11 is 0. The van der Waals surface area contributed by atoms with Crippen LogP contribution in [0, 0.1) is 0 Å². The van der Waals surface area contributed by atoms with Crippen molar-refractivity contribution in [3.05, 3.63) is 61.1 Å². The summed E-state index contributed by atoms with van der Waals surface area (Å²) in [4.78, 5) is 8.83. The van der Waals surface area contributed by atoms with Gasteiger partial charge in [-0.25, -0.2) is 26.3 Å². The van der Waals surface area contributed by atoms with Crippen LogP contribution in [0.5, 0.6) is 0 Å². The Bertz CT molecular complexity index is 1520. The van der Waals surface area contributed by atoms with Crippen LogP contribution < -0.4 is 0 Å². The van der Waals surface area contributed by atoms with E-state index >= 15 is 0 Å². The molecule has 3 heterocycles. The van der Waals surface area contributed by atoms with E-state index in [0.717, 1.165) is 24.7 Å². The molecule has 31 heavy (non-hydrogen) atoms. The molecular weight excluding hydrogens is 436 g/mol. The molecule has 0 amide bonds. The number of hydrogen-bond donors (Lipinski definition) is 0. The number of hydrogen-bond acceptors (Lipinski definition) is 7. The molecule has 1 saturated carbocycles. The number of aromatic nitrogens is 4. The molecule has 4 aromatic rings. The lowest BCUT2D eigenvalue weighted by Crippen LogP contribution is -2.06. The van der Waals surface area contributed by atoms with Gasteiger partial charge >= 0.3 is 0 Å². The third-order valence-electron chi connectivity index (χ3n) is 5.24. The summed E-state index contributed by atoms with van der Waals surface area (Å²) in [5, 5.41) is 4.36. The zero-order valence-electron chi connectivity index (χ0n) is 16.5. The van der Waals surface area contributed by atoms with Crippen LogP contribution in [0.2, 0.25) is 0 Å². The summed E-state index contributed by atoms with van der Waals surface area (Å²) in [5.41, 5.74) is 3.18. The molecule has 0 unspecified atom stereocenters. The van der Waals surface area contributed by atoms with Crippen LogP contribution in [-0.4, -0.2) is 47.9 Å². The minimum absolute atomic E-state index is 0.116. The lowest BCUT2D eigenvalue weighted by Gasteiger charge is -2.07. The first kappa shape index (κ1) is 19.8. The van der Waals surface area contributed by atoms with Crippen LogP contribution in [0.3, 0.4) is 0 Å². The molecule has 3 aromatic heterocycles. The average molecular weight is 455 g/mol. The molecule has 0 bridgehead atoms. The van der Waals surface area contributed by atoms with E-state index < -0.39 is 19.7 Å². The van der Waals surface area contributed by atoms with Gasteiger partial charge in [-0.05, 0) is 43.2 Å². The Morgan fingerprint density at radius 2 is 1.61 bits per heavy atom. The van der Waals surface area contributed by atoms with Gasteiger partial charge in [0, 0.05) is 29.8 Å².